The molecule has 0 spiro atoms. The molecule has 1 radical (unpaired) electrons. The molecule has 3 heteroatoms. The standard InChI is InChI=1S/C7H13S2.Y/c1-4-6(3)9-7(8)5-2;/h4-5H2,1-3H3;/q-1;. The Morgan fingerprint density at radius 3 is 2.30 bits per heavy atom. The van der Waals surface area contributed by atoms with Gasteiger partial charge in [-0.2, -0.15) is 13.3 Å². The maximum atomic E-state index is 5.04. The van der Waals surface area contributed by atoms with Crippen LogP contribution >= 0.6 is 24.0 Å². The van der Waals surface area contributed by atoms with Crippen LogP contribution in [-0.2, 0) is 32.7 Å². The summed E-state index contributed by atoms with van der Waals surface area (Å²) < 4.78 is 1.11. The molecule has 0 N–H and O–H groups in total. The van der Waals surface area contributed by atoms with Crippen LogP contribution in [0.1, 0.15) is 33.6 Å². The van der Waals surface area contributed by atoms with Gasteiger partial charge in [-0.15, -0.1) is 0 Å². The summed E-state index contributed by atoms with van der Waals surface area (Å²) in [4.78, 5) is 0. The van der Waals surface area contributed by atoms with E-state index in [1.165, 1.54) is 5.25 Å². The number of rotatable bonds is 3. The molecule has 0 saturated heterocycles. The minimum atomic E-state index is 0. The van der Waals surface area contributed by atoms with Gasteiger partial charge in [0.25, 0.3) is 0 Å². The van der Waals surface area contributed by atoms with Crippen molar-refractivity contribution in [2.45, 2.75) is 33.6 Å². The van der Waals surface area contributed by atoms with Gasteiger partial charge in [0.2, 0.25) is 0 Å². The number of thiocarbonyl (C=S) groups is 1. The molecule has 0 rings (SSSR count). The van der Waals surface area contributed by atoms with E-state index in [9.17, 15) is 0 Å². The Bertz CT molecular complexity index is 93.6. The summed E-state index contributed by atoms with van der Waals surface area (Å²) >= 11 is 6.79. The summed E-state index contributed by atoms with van der Waals surface area (Å²) in [5.74, 6) is 0. The zero-order valence-electron chi connectivity index (χ0n) is 6.81. The van der Waals surface area contributed by atoms with Crippen LogP contribution in [0.2, 0.25) is 0 Å². The van der Waals surface area contributed by atoms with Crippen molar-refractivity contribution in [3.8, 4) is 0 Å². The summed E-state index contributed by atoms with van der Waals surface area (Å²) in [5, 5.41) is 1.42. The Balaban J connectivity index is 0. The predicted molar refractivity (Wildman–Crippen MR) is 49.7 cm³/mol. The fourth-order valence-electron chi connectivity index (χ4n) is 0.339. The molecular formula is C7H13S2Y-. The first-order valence-electron chi connectivity index (χ1n) is 3.23. The molecule has 10 heavy (non-hydrogen) atoms. The maximum absolute atomic E-state index is 5.04. The molecule has 0 nitrogen and oxygen atoms in total. The van der Waals surface area contributed by atoms with E-state index in [-0.39, 0.29) is 32.7 Å². The zero-order chi connectivity index (χ0) is 7.28. The van der Waals surface area contributed by atoms with Crippen molar-refractivity contribution in [1.82, 2.24) is 0 Å². The predicted octanol–water partition coefficient (Wildman–Crippen LogP) is 3.42. The van der Waals surface area contributed by atoms with Crippen molar-refractivity contribution in [3.63, 3.8) is 0 Å². The fraction of sp³-hybridized carbons (Fsp3) is 0.714. The average molecular weight is 250 g/mol. The van der Waals surface area contributed by atoms with Crippen molar-refractivity contribution in [2.24, 2.45) is 0 Å². The van der Waals surface area contributed by atoms with Crippen molar-refractivity contribution in [1.29, 1.82) is 0 Å². The Hall–Kier alpha value is 1.54. The zero-order valence-corrected chi connectivity index (χ0v) is 11.3. The van der Waals surface area contributed by atoms with Crippen LogP contribution in [0.25, 0.3) is 0 Å². The van der Waals surface area contributed by atoms with Gasteiger partial charge in [-0.1, -0.05) is 26.1 Å². The number of hydrogen-bond donors (Lipinski definition) is 0. The normalized spacial score (nSPS) is 9.20. The molecule has 0 aliphatic heterocycles. The van der Waals surface area contributed by atoms with Crippen LogP contribution < -0.4 is 0 Å². The molecule has 0 heterocycles. The largest absolute Gasteiger partial charge is 0.306 e. The Kier molecular flexibility index (Phi) is 12.2. The minimum Gasteiger partial charge on any atom is -0.306 e. The van der Waals surface area contributed by atoms with E-state index in [1.54, 1.807) is 11.8 Å². The maximum Gasteiger partial charge on any atom is 0.0161 e. The first-order chi connectivity index (χ1) is 4.20. The quantitative estimate of drug-likeness (QED) is 0.556. The van der Waals surface area contributed by atoms with Gasteiger partial charge in [0.15, 0.2) is 0 Å². The fourth-order valence-corrected chi connectivity index (χ4v) is 1.44. The van der Waals surface area contributed by atoms with Crippen LogP contribution in [0.5, 0.6) is 0 Å². The molecule has 0 amide bonds. The molecule has 0 aliphatic carbocycles. The van der Waals surface area contributed by atoms with Gasteiger partial charge in [-0.05, 0) is 6.42 Å². The van der Waals surface area contributed by atoms with Crippen LogP contribution in [0.4, 0.5) is 0 Å². The average Bonchev–Trinajstić information content (AvgIpc) is 1.87. The van der Waals surface area contributed by atoms with Gasteiger partial charge >= 0.3 is 0 Å². The monoisotopic (exact) mass is 250 g/mol. The first kappa shape index (κ1) is 14.1. The van der Waals surface area contributed by atoms with E-state index < -0.39 is 0 Å². The summed E-state index contributed by atoms with van der Waals surface area (Å²) in [6.45, 7) is 6.38. The molecule has 57 valence electrons. The van der Waals surface area contributed by atoms with E-state index in [1.807, 2.05) is 0 Å². The van der Waals surface area contributed by atoms with E-state index >= 15 is 0 Å². The van der Waals surface area contributed by atoms with Gasteiger partial charge in [-0.3, -0.25) is 5.25 Å². The second-order valence-electron chi connectivity index (χ2n) is 1.88. The molecule has 0 unspecified atom stereocenters. The van der Waals surface area contributed by atoms with Gasteiger partial charge in [0, 0.05) is 36.9 Å². The van der Waals surface area contributed by atoms with Crippen LogP contribution in [-0.4, -0.2) is 4.20 Å². The molecule has 0 aliphatic rings. The summed E-state index contributed by atoms with van der Waals surface area (Å²) in [6, 6.07) is 0. The second kappa shape index (κ2) is 8.64. The van der Waals surface area contributed by atoms with E-state index in [4.69, 9.17) is 12.2 Å². The van der Waals surface area contributed by atoms with Crippen LogP contribution in [0.3, 0.4) is 0 Å². The molecular weight excluding hydrogens is 237 g/mol. The second-order valence-corrected chi connectivity index (χ2v) is 4.03. The van der Waals surface area contributed by atoms with Crippen molar-refractivity contribution >= 4 is 28.2 Å². The SMILES string of the molecule is CCC(=S)S[C-](C)CC.[Y]. The number of hydrogen-bond acceptors (Lipinski definition) is 2. The van der Waals surface area contributed by atoms with E-state index in [0.717, 1.165) is 17.0 Å². The molecule has 0 aromatic heterocycles. The van der Waals surface area contributed by atoms with Crippen molar-refractivity contribution in [2.75, 3.05) is 0 Å². The Morgan fingerprint density at radius 2 is 2.00 bits per heavy atom. The minimum absolute atomic E-state index is 0. The van der Waals surface area contributed by atoms with Crippen molar-refractivity contribution in [3.05, 3.63) is 5.25 Å². The van der Waals surface area contributed by atoms with Gasteiger partial charge in [0.1, 0.15) is 0 Å². The van der Waals surface area contributed by atoms with Gasteiger partial charge in [0.05, 0.1) is 0 Å². The van der Waals surface area contributed by atoms with Gasteiger partial charge in [-0.25, -0.2) is 0 Å². The summed E-state index contributed by atoms with van der Waals surface area (Å²) in [5.41, 5.74) is 0. The van der Waals surface area contributed by atoms with E-state index in [0.29, 0.717) is 0 Å². The topological polar surface area (TPSA) is 0 Å². The molecule has 0 aromatic rings. The molecule has 0 saturated carbocycles. The smallest absolute Gasteiger partial charge is 0.0161 e. The summed E-state index contributed by atoms with van der Waals surface area (Å²) in [7, 11) is 0. The number of thioether (sulfide) groups is 1. The molecule has 0 fully saturated rings. The molecule has 0 aromatic carbocycles. The van der Waals surface area contributed by atoms with Gasteiger partial charge < -0.3 is 11.8 Å². The third-order valence-corrected chi connectivity index (χ3v) is 2.77. The van der Waals surface area contributed by atoms with Crippen LogP contribution in [0.15, 0.2) is 0 Å². The van der Waals surface area contributed by atoms with Crippen molar-refractivity contribution < 1.29 is 32.7 Å². The molecule has 0 atom stereocenters. The Morgan fingerprint density at radius 1 is 1.50 bits per heavy atom. The Labute approximate surface area is 98.8 Å². The van der Waals surface area contributed by atoms with E-state index in [2.05, 4.69) is 20.8 Å². The molecule has 0 bridgehead atoms. The third kappa shape index (κ3) is 7.65. The third-order valence-electron chi connectivity index (χ3n) is 1.07. The first-order valence-corrected chi connectivity index (χ1v) is 4.46. The van der Waals surface area contributed by atoms with Crippen LogP contribution in [0, 0.1) is 5.25 Å². The summed E-state index contributed by atoms with van der Waals surface area (Å²) in [6.07, 6.45) is 2.14.